The van der Waals surface area contributed by atoms with E-state index in [1.54, 1.807) is 6.92 Å². The van der Waals surface area contributed by atoms with Gasteiger partial charge < -0.3 is 5.32 Å². The number of anilines is 1. The average Bonchev–Trinajstić information content (AvgIpc) is 2.58. The summed E-state index contributed by atoms with van der Waals surface area (Å²) in [6.07, 6.45) is 2.01. The van der Waals surface area contributed by atoms with E-state index in [1.807, 2.05) is 30.3 Å². The largest absolute Gasteiger partial charge is 0.354 e. The van der Waals surface area contributed by atoms with Crippen LogP contribution in [0.4, 0.5) is 5.69 Å². The Bertz CT molecular complexity index is 869. The average molecular weight is 429 g/mol. The molecule has 0 aliphatic heterocycles. The maximum atomic E-state index is 12.7. The molecule has 0 saturated carbocycles. The lowest BCUT2D eigenvalue weighted by Gasteiger charge is -2.30. The molecule has 0 aromatic heterocycles. The molecule has 2 aromatic carbocycles. The van der Waals surface area contributed by atoms with Gasteiger partial charge in [-0.1, -0.05) is 60.5 Å². The second kappa shape index (κ2) is 9.44. The first-order valence-electron chi connectivity index (χ1n) is 8.49. The van der Waals surface area contributed by atoms with E-state index in [1.165, 1.54) is 18.2 Å². The van der Waals surface area contributed by atoms with Crippen LogP contribution in [0.1, 0.15) is 18.9 Å². The lowest BCUT2D eigenvalue weighted by molar-refractivity contribution is -0.122. The minimum atomic E-state index is -3.73. The summed E-state index contributed by atoms with van der Waals surface area (Å²) in [5, 5.41) is 3.42. The molecule has 2 rings (SSSR count). The van der Waals surface area contributed by atoms with Crippen molar-refractivity contribution >= 4 is 44.8 Å². The van der Waals surface area contributed by atoms with Crippen molar-refractivity contribution in [2.45, 2.75) is 25.8 Å². The predicted molar refractivity (Wildman–Crippen MR) is 111 cm³/mol. The van der Waals surface area contributed by atoms with Crippen molar-refractivity contribution in [3.8, 4) is 0 Å². The maximum absolute atomic E-state index is 12.7. The summed E-state index contributed by atoms with van der Waals surface area (Å²) >= 11 is 12.0. The number of halogens is 2. The molecule has 8 heteroatoms. The summed E-state index contributed by atoms with van der Waals surface area (Å²) in [4.78, 5) is 12.7. The molecule has 0 fully saturated rings. The number of amides is 1. The fourth-order valence-corrected chi connectivity index (χ4v) is 4.53. The fourth-order valence-electron chi connectivity index (χ4n) is 2.82. The van der Waals surface area contributed by atoms with Crippen molar-refractivity contribution in [2.75, 3.05) is 17.1 Å². The summed E-state index contributed by atoms with van der Waals surface area (Å²) in [7, 11) is -3.73. The van der Waals surface area contributed by atoms with Gasteiger partial charge in [-0.05, 0) is 36.6 Å². The van der Waals surface area contributed by atoms with Crippen LogP contribution in [0.15, 0.2) is 48.5 Å². The van der Waals surface area contributed by atoms with E-state index in [9.17, 15) is 13.2 Å². The smallest absolute Gasteiger partial charge is 0.243 e. The normalized spacial score (nSPS) is 12.4. The SMILES string of the molecule is CC[C@@H](C(=O)NCCc1ccccc1)N(c1cc(Cl)cc(Cl)c1)S(C)(=O)=O. The predicted octanol–water partition coefficient (Wildman–Crippen LogP) is 3.90. The van der Waals surface area contributed by atoms with Gasteiger partial charge in [0, 0.05) is 16.6 Å². The Morgan fingerprint density at radius 1 is 1.11 bits per heavy atom. The number of benzene rings is 2. The van der Waals surface area contributed by atoms with Gasteiger partial charge in [-0.3, -0.25) is 9.10 Å². The Morgan fingerprint density at radius 2 is 1.70 bits per heavy atom. The molecule has 0 aliphatic rings. The number of nitrogens with zero attached hydrogens (tertiary/aromatic N) is 1. The first-order valence-corrected chi connectivity index (χ1v) is 11.1. The van der Waals surface area contributed by atoms with Crippen LogP contribution in [-0.2, 0) is 21.2 Å². The number of nitrogens with one attached hydrogen (secondary N) is 1. The first kappa shape index (κ1) is 21.5. The van der Waals surface area contributed by atoms with E-state index in [2.05, 4.69) is 5.32 Å². The Hall–Kier alpha value is -1.76. The third-order valence-corrected chi connectivity index (χ3v) is 5.60. The molecule has 0 aliphatic carbocycles. The third-order valence-electron chi connectivity index (χ3n) is 3.99. The Kier molecular flexibility index (Phi) is 7.53. The minimum absolute atomic E-state index is 0.264. The van der Waals surface area contributed by atoms with Gasteiger partial charge >= 0.3 is 0 Å². The van der Waals surface area contributed by atoms with Gasteiger partial charge in [-0.2, -0.15) is 0 Å². The molecule has 1 amide bonds. The highest BCUT2D eigenvalue weighted by molar-refractivity contribution is 7.92. The molecular weight excluding hydrogens is 407 g/mol. The zero-order valence-corrected chi connectivity index (χ0v) is 17.5. The monoisotopic (exact) mass is 428 g/mol. The number of rotatable bonds is 8. The highest BCUT2D eigenvalue weighted by Crippen LogP contribution is 2.29. The van der Waals surface area contributed by atoms with Gasteiger partial charge in [0.1, 0.15) is 6.04 Å². The third kappa shape index (κ3) is 6.13. The van der Waals surface area contributed by atoms with Gasteiger partial charge in [-0.15, -0.1) is 0 Å². The highest BCUT2D eigenvalue weighted by atomic mass is 35.5. The van der Waals surface area contributed by atoms with Crippen LogP contribution in [0, 0.1) is 0 Å². The zero-order chi connectivity index (χ0) is 20.0. The number of sulfonamides is 1. The van der Waals surface area contributed by atoms with Crippen LogP contribution in [0.25, 0.3) is 0 Å². The fraction of sp³-hybridized carbons (Fsp3) is 0.316. The van der Waals surface area contributed by atoms with Crippen LogP contribution < -0.4 is 9.62 Å². The topological polar surface area (TPSA) is 66.5 Å². The van der Waals surface area contributed by atoms with E-state index < -0.39 is 16.1 Å². The Morgan fingerprint density at radius 3 is 2.22 bits per heavy atom. The molecule has 146 valence electrons. The van der Waals surface area contributed by atoms with Gasteiger partial charge in [0.25, 0.3) is 0 Å². The Labute approximate surface area is 170 Å². The quantitative estimate of drug-likeness (QED) is 0.692. The standard InChI is InChI=1S/C19H22Cl2N2O3S/c1-3-18(19(24)22-10-9-14-7-5-4-6-8-14)23(27(2,25)26)17-12-15(20)11-16(21)13-17/h4-8,11-13,18H,3,9-10H2,1-2H3,(H,22,24)/t18-/m0/s1. The second-order valence-electron chi connectivity index (χ2n) is 6.14. The van der Waals surface area contributed by atoms with Gasteiger partial charge in [0.05, 0.1) is 11.9 Å². The number of hydrogen-bond acceptors (Lipinski definition) is 3. The number of hydrogen-bond donors (Lipinski definition) is 1. The molecule has 0 heterocycles. The lowest BCUT2D eigenvalue weighted by Crippen LogP contribution is -2.49. The molecular formula is C19H22Cl2N2O3S. The lowest BCUT2D eigenvalue weighted by atomic mass is 10.1. The van der Waals surface area contributed by atoms with Crippen LogP contribution in [0.5, 0.6) is 0 Å². The molecule has 0 bridgehead atoms. The van der Waals surface area contributed by atoms with Gasteiger partial charge in [0.2, 0.25) is 15.9 Å². The van der Waals surface area contributed by atoms with E-state index in [4.69, 9.17) is 23.2 Å². The summed E-state index contributed by atoms with van der Waals surface area (Å²) in [6, 6.07) is 13.3. The summed E-state index contributed by atoms with van der Waals surface area (Å²) in [6.45, 7) is 2.17. The molecule has 0 saturated heterocycles. The van der Waals surface area contributed by atoms with Crippen molar-refractivity contribution in [1.82, 2.24) is 5.32 Å². The first-order chi connectivity index (χ1) is 12.7. The van der Waals surface area contributed by atoms with Gasteiger partial charge in [0.15, 0.2) is 0 Å². The summed E-state index contributed by atoms with van der Waals surface area (Å²) in [5.74, 6) is -0.366. The van der Waals surface area contributed by atoms with E-state index in [-0.39, 0.29) is 11.6 Å². The van der Waals surface area contributed by atoms with Crippen molar-refractivity contribution in [3.63, 3.8) is 0 Å². The van der Waals surface area contributed by atoms with Crippen molar-refractivity contribution < 1.29 is 13.2 Å². The maximum Gasteiger partial charge on any atom is 0.243 e. The molecule has 0 radical (unpaired) electrons. The molecule has 5 nitrogen and oxygen atoms in total. The van der Waals surface area contributed by atoms with Crippen LogP contribution in [0.3, 0.4) is 0 Å². The second-order valence-corrected chi connectivity index (χ2v) is 8.87. The molecule has 0 unspecified atom stereocenters. The van der Waals surface area contributed by atoms with Crippen molar-refractivity contribution in [3.05, 3.63) is 64.1 Å². The Balaban J connectivity index is 2.20. The summed E-state index contributed by atoms with van der Waals surface area (Å²) < 4.78 is 25.9. The van der Waals surface area contributed by atoms with E-state index in [0.29, 0.717) is 29.4 Å². The van der Waals surface area contributed by atoms with Crippen LogP contribution >= 0.6 is 23.2 Å². The van der Waals surface area contributed by atoms with Gasteiger partial charge in [-0.25, -0.2) is 8.42 Å². The van der Waals surface area contributed by atoms with E-state index >= 15 is 0 Å². The van der Waals surface area contributed by atoms with Crippen molar-refractivity contribution in [1.29, 1.82) is 0 Å². The van der Waals surface area contributed by atoms with Crippen LogP contribution in [0.2, 0.25) is 10.0 Å². The molecule has 1 N–H and O–H groups in total. The molecule has 0 spiro atoms. The number of carbonyl (C=O) groups is 1. The molecule has 27 heavy (non-hydrogen) atoms. The number of carbonyl (C=O) groups excluding carboxylic acids is 1. The van der Waals surface area contributed by atoms with Crippen LogP contribution in [-0.4, -0.2) is 33.2 Å². The summed E-state index contributed by atoms with van der Waals surface area (Å²) in [5.41, 5.74) is 1.35. The van der Waals surface area contributed by atoms with Crippen molar-refractivity contribution in [2.24, 2.45) is 0 Å². The minimum Gasteiger partial charge on any atom is -0.354 e. The highest BCUT2D eigenvalue weighted by Gasteiger charge is 2.31. The molecule has 1 atom stereocenters. The zero-order valence-electron chi connectivity index (χ0n) is 15.2. The van der Waals surface area contributed by atoms with E-state index in [0.717, 1.165) is 16.1 Å². The molecule has 2 aromatic rings.